The molecule has 116 valence electrons. The van der Waals surface area contributed by atoms with Crippen LogP contribution in [0, 0.1) is 5.92 Å². The Balaban J connectivity index is 1.94. The first-order valence-corrected chi connectivity index (χ1v) is 8.18. The monoisotopic (exact) mass is 296 g/mol. The summed E-state index contributed by atoms with van der Waals surface area (Å²) in [6.45, 7) is 9.09. The molecular weight excluding hydrogens is 272 g/mol. The van der Waals surface area contributed by atoms with Crippen LogP contribution in [0.2, 0.25) is 0 Å². The van der Waals surface area contributed by atoms with Gasteiger partial charge in [-0.15, -0.1) is 0 Å². The Hall–Kier alpha value is -2.03. The van der Waals surface area contributed by atoms with Crippen molar-refractivity contribution < 1.29 is 4.79 Å². The Morgan fingerprint density at radius 3 is 2.77 bits per heavy atom. The third kappa shape index (κ3) is 2.94. The molecule has 0 radical (unpaired) electrons. The zero-order chi connectivity index (χ0) is 15.7. The van der Waals surface area contributed by atoms with Crippen molar-refractivity contribution >= 4 is 22.5 Å². The van der Waals surface area contributed by atoms with E-state index >= 15 is 0 Å². The first-order valence-electron chi connectivity index (χ1n) is 8.18. The molecule has 1 fully saturated rings. The van der Waals surface area contributed by atoms with E-state index in [9.17, 15) is 4.79 Å². The van der Waals surface area contributed by atoms with Crippen LogP contribution in [0.3, 0.4) is 0 Å². The summed E-state index contributed by atoms with van der Waals surface area (Å²) in [7, 11) is 0. The number of hydrogen-bond donors (Lipinski definition) is 1. The van der Waals surface area contributed by atoms with Gasteiger partial charge in [0.05, 0.1) is 5.52 Å². The topological polar surface area (TPSA) is 34.0 Å². The molecule has 2 aromatic rings. The van der Waals surface area contributed by atoms with Gasteiger partial charge in [0.1, 0.15) is 0 Å². The fraction of sp³-hybridized carbons (Fsp3) is 0.421. The van der Waals surface area contributed by atoms with Crippen molar-refractivity contribution in [3.8, 4) is 0 Å². The van der Waals surface area contributed by atoms with Crippen LogP contribution in [0.4, 0.5) is 0 Å². The molecule has 0 bridgehead atoms. The van der Waals surface area contributed by atoms with Gasteiger partial charge in [0.25, 0.3) is 5.91 Å². The Morgan fingerprint density at radius 2 is 2.14 bits per heavy atom. The Morgan fingerprint density at radius 1 is 1.36 bits per heavy atom. The highest BCUT2D eigenvalue weighted by atomic mass is 16.1. The number of nitrogens with zero attached hydrogens (tertiary/aromatic N) is 1. The summed E-state index contributed by atoms with van der Waals surface area (Å²) >= 11 is 0. The first kappa shape index (κ1) is 14.9. The Kier molecular flexibility index (Phi) is 4.06. The van der Waals surface area contributed by atoms with Crippen LogP contribution in [-0.2, 0) is 6.42 Å². The summed E-state index contributed by atoms with van der Waals surface area (Å²) in [4.78, 5) is 12.3. The lowest BCUT2D eigenvalue weighted by molar-refractivity contribution is 0.0952. The van der Waals surface area contributed by atoms with Crippen molar-refractivity contribution in [1.82, 2.24) is 9.88 Å². The fourth-order valence-electron chi connectivity index (χ4n) is 2.95. The van der Waals surface area contributed by atoms with Gasteiger partial charge >= 0.3 is 0 Å². The van der Waals surface area contributed by atoms with Gasteiger partial charge in [0, 0.05) is 28.9 Å². The minimum Gasteiger partial charge on any atom is -0.352 e. The lowest BCUT2D eigenvalue weighted by Gasteiger charge is -2.10. The molecule has 1 N–H and O–H groups in total. The van der Waals surface area contributed by atoms with Gasteiger partial charge < -0.3 is 9.88 Å². The zero-order valence-electron chi connectivity index (χ0n) is 13.5. The van der Waals surface area contributed by atoms with Crippen LogP contribution >= 0.6 is 0 Å². The van der Waals surface area contributed by atoms with E-state index in [0.717, 1.165) is 36.2 Å². The number of aryl methyl sites for hydroxylation is 1. The summed E-state index contributed by atoms with van der Waals surface area (Å²) in [5.74, 6) is 0.725. The molecule has 0 unspecified atom stereocenters. The van der Waals surface area contributed by atoms with Gasteiger partial charge in [-0.1, -0.05) is 26.0 Å². The van der Waals surface area contributed by atoms with E-state index in [4.69, 9.17) is 0 Å². The summed E-state index contributed by atoms with van der Waals surface area (Å²) < 4.78 is 2.18. The van der Waals surface area contributed by atoms with Gasteiger partial charge in [-0.05, 0) is 50.3 Å². The van der Waals surface area contributed by atoms with E-state index in [1.807, 2.05) is 25.1 Å². The highest BCUT2D eigenvalue weighted by Gasteiger charge is 2.22. The number of aromatic nitrogens is 1. The number of carbonyl (C=O) groups is 1. The lowest BCUT2D eigenvalue weighted by atomic mass is 10.1. The van der Waals surface area contributed by atoms with Crippen molar-refractivity contribution in [1.29, 1.82) is 0 Å². The smallest absolute Gasteiger partial charge is 0.251 e. The second kappa shape index (κ2) is 5.99. The van der Waals surface area contributed by atoms with Crippen molar-refractivity contribution in [3.05, 3.63) is 42.1 Å². The molecular formula is C19H24N2O. The van der Waals surface area contributed by atoms with Crippen LogP contribution in [0.25, 0.3) is 16.6 Å². The van der Waals surface area contributed by atoms with Gasteiger partial charge in [0.2, 0.25) is 0 Å². The van der Waals surface area contributed by atoms with E-state index in [1.165, 1.54) is 23.9 Å². The quantitative estimate of drug-likeness (QED) is 0.850. The Bertz CT molecular complexity index is 722. The van der Waals surface area contributed by atoms with Crippen LogP contribution in [0.1, 0.15) is 49.2 Å². The zero-order valence-corrected chi connectivity index (χ0v) is 13.5. The molecule has 1 amide bonds. The maximum atomic E-state index is 12.3. The predicted molar refractivity (Wildman–Crippen MR) is 92.0 cm³/mol. The fourth-order valence-corrected chi connectivity index (χ4v) is 2.95. The Labute approximate surface area is 132 Å². The largest absolute Gasteiger partial charge is 0.352 e. The molecule has 3 heteroatoms. The van der Waals surface area contributed by atoms with Crippen molar-refractivity contribution in [2.75, 3.05) is 6.54 Å². The average Bonchev–Trinajstić information content (AvgIpc) is 3.24. The van der Waals surface area contributed by atoms with Gasteiger partial charge in [-0.3, -0.25) is 4.79 Å². The molecule has 1 aliphatic rings. The minimum atomic E-state index is 0.0281. The predicted octanol–water partition coefficient (Wildman–Crippen LogP) is 4.22. The molecule has 0 aliphatic heterocycles. The average molecular weight is 296 g/mol. The van der Waals surface area contributed by atoms with Crippen LogP contribution in [-0.4, -0.2) is 17.0 Å². The van der Waals surface area contributed by atoms with Crippen LogP contribution in [0.5, 0.6) is 0 Å². The standard InChI is InChI=1S/C19H24N2O/c1-4-5-17-10-15-8-9-16(11-18(15)21(17)13(2)3)19(22)20-12-14-6-7-14/h8-11,14H,2,4-7,12H2,1,3H3,(H,20,22). The molecule has 1 aliphatic carbocycles. The normalized spacial score (nSPS) is 14.3. The molecule has 3 nitrogen and oxygen atoms in total. The molecule has 0 spiro atoms. The molecule has 1 heterocycles. The number of hydrogen-bond acceptors (Lipinski definition) is 1. The first-order chi connectivity index (χ1) is 10.6. The number of benzene rings is 1. The maximum absolute atomic E-state index is 12.3. The number of nitrogens with one attached hydrogen (secondary N) is 1. The number of allylic oxidation sites excluding steroid dienone is 1. The van der Waals surface area contributed by atoms with E-state index < -0.39 is 0 Å². The summed E-state index contributed by atoms with van der Waals surface area (Å²) in [6, 6.07) is 8.16. The summed E-state index contributed by atoms with van der Waals surface area (Å²) in [5.41, 5.74) is 4.07. The molecule has 1 saturated carbocycles. The number of fused-ring (bicyclic) bond motifs is 1. The van der Waals surface area contributed by atoms with Gasteiger partial charge in [-0.2, -0.15) is 0 Å². The van der Waals surface area contributed by atoms with Crippen molar-refractivity contribution in [3.63, 3.8) is 0 Å². The molecule has 0 atom stereocenters. The van der Waals surface area contributed by atoms with E-state index in [1.54, 1.807) is 0 Å². The van der Waals surface area contributed by atoms with Crippen molar-refractivity contribution in [2.45, 2.75) is 39.5 Å². The van der Waals surface area contributed by atoms with E-state index in [0.29, 0.717) is 5.92 Å². The third-order valence-electron chi connectivity index (χ3n) is 4.28. The molecule has 1 aromatic carbocycles. The molecule has 1 aromatic heterocycles. The summed E-state index contributed by atoms with van der Waals surface area (Å²) in [5, 5.41) is 4.21. The molecule has 22 heavy (non-hydrogen) atoms. The maximum Gasteiger partial charge on any atom is 0.251 e. The summed E-state index contributed by atoms with van der Waals surface area (Å²) in [6.07, 6.45) is 4.61. The van der Waals surface area contributed by atoms with Crippen LogP contribution < -0.4 is 5.32 Å². The second-order valence-corrected chi connectivity index (χ2v) is 6.38. The van der Waals surface area contributed by atoms with Gasteiger partial charge in [-0.25, -0.2) is 0 Å². The number of amides is 1. The highest BCUT2D eigenvalue weighted by molar-refractivity contribution is 5.98. The van der Waals surface area contributed by atoms with Crippen molar-refractivity contribution in [2.24, 2.45) is 5.92 Å². The molecule has 3 rings (SSSR count). The SMILES string of the molecule is C=C(C)n1c(CCC)cc2ccc(C(=O)NCC3CC3)cc21. The molecule has 0 saturated heterocycles. The number of rotatable bonds is 6. The third-order valence-corrected chi connectivity index (χ3v) is 4.28. The highest BCUT2D eigenvalue weighted by Crippen LogP contribution is 2.28. The van der Waals surface area contributed by atoms with E-state index in [-0.39, 0.29) is 5.91 Å². The number of carbonyl (C=O) groups excluding carboxylic acids is 1. The minimum absolute atomic E-state index is 0.0281. The van der Waals surface area contributed by atoms with Gasteiger partial charge in [0.15, 0.2) is 0 Å². The van der Waals surface area contributed by atoms with Crippen LogP contribution in [0.15, 0.2) is 30.8 Å². The second-order valence-electron chi connectivity index (χ2n) is 6.38. The lowest BCUT2D eigenvalue weighted by Crippen LogP contribution is -2.25. The van der Waals surface area contributed by atoms with E-state index in [2.05, 4.69) is 29.5 Å².